The maximum Gasteiger partial charge on any atom is 0.231 e. The fourth-order valence-electron chi connectivity index (χ4n) is 1.56. The van der Waals surface area contributed by atoms with Crippen molar-refractivity contribution < 1.29 is 14.2 Å². The average molecular weight is 233 g/mol. The number of ether oxygens (including phenoxy) is 3. The van der Waals surface area contributed by atoms with Gasteiger partial charge in [-0.1, -0.05) is 0 Å². The van der Waals surface area contributed by atoms with Gasteiger partial charge in [-0.05, 0) is 12.1 Å². The molecule has 1 aliphatic heterocycles. The van der Waals surface area contributed by atoms with Crippen LogP contribution in [-0.4, -0.2) is 16.6 Å². The van der Waals surface area contributed by atoms with Crippen LogP contribution in [0.2, 0.25) is 0 Å². The van der Waals surface area contributed by atoms with E-state index in [1.54, 1.807) is 23.1 Å². The number of rotatable bonds is 3. The number of benzene rings is 1. The molecule has 2 aromatic rings. The first-order valence-corrected chi connectivity index (χ1v) is 5.12. The number of nitrogen functional groups attached to an aromatic ring is 1. The molecule has 1 aromatic carbocycles. The van der Waals surface area contributed by atoms with Crippen LogP contribution in [0.4, 0.5) is 5.69 Å². The van der Waals surface area contributed by atoms with Gasteiger partial charge in [0, 0.05) is 6.07 Å². The number of anilines is 1. The Morgan fingerprint density at radius 3 is 3.06 bits per heavy atom. The third-order valence-electron chi connectivity index (χ3n) is 2.36. The van der Waals surface area contributed by atoms with Crippen molar-refractivity contribution in [2.75, 3.05) is 12.5 Å². The van der Waals surface area contributed by atoms with Crippen molar-refractivity contribution in [3.63, 3.8) is 0 Å². The monoisotopic (exact) mass is 233 g/mol. The Labute approximate surface area is 97.5 Å². The zero-order valence-corrected chi connectivity index (χ0v) is 9.00. The van der Waals surface area contributed by atoms with Gasteiger partial charge in [-0.2, -0.15) is 5.10 Å². The van der Waals surface area contributed by atoms with Gasteiger partial charge in [0.25, 0.3) is 0 Å². The van der Waals surface area contributed by atoms with Gasteiger partial charge < -0.3 is 19.9 Å². The topological polar surface area (TPSA) is 71.5 Å². The molecule has 6 heteroatoms. The van der Waals surface area contributed by atoms with E-state index in [1.165, 1.54) is 0 Å². The lowest BCUT2D eigenvalue weighted by molar-refractivity contribution is 0.173. The van der Waals surface area contributed by atoms with Crippen LogP contribution in [0.3, 0.4) is 0 Å². The molecule has 88 valence electrons. The van der Waals surface area contributed by atoms with Gasteiger partial charge in [-0.25, -0.2) is 4.68 Å². The first-order valence-electron chi connectivity index (χ1n) is 5.12. The van der Waals surface area contributed by atoms with Gasteiger partial charge in [0.1, 0.15) is 5.75 Å². The average Bonchev–Trinajstić information content (AvgIpc) is 2.94. The zero-order chi connectivity index (χ0) is 11.7. The summed E-state index contributed by atoms with van der Waals surface area (Å²) >= 11 is 0. The predicted molar refractivity (Wildman–Crippen MR) is 59.8 cm³/mol. The van der Waals surface area contributed by atoms with Crippen molar-refractivity contribution in [1.29, 1.82) is 0 Å². The molecule has 0 saturated heterocycles. The maximum absolute atomic E-state index is 5.55. The standard InChI is InChI=1S/C11H11N3O3/c12-8-4-13-14(5-8)6-15-9-1-2-10-11(3-9)17-7-16-10/h1-5H,6-7,12H2. The molecule has 3 rings (SSSR count). The molecule has 0 spiro atoms. The minimum absolute atomic E-state index is 0.258. The van der Waals surface area contributed by atoms with Crippen LogP contribution >= 0.6 is 0 Å². The number of nitrogens with two attached hydrogens (primary N) is 1. The second kappa shape index (κ2) is 3.89. The van der Waals surface area contributed by atoms with E-state index >= 15 is 0 Å². The van der Waals surface area contributed by atoms with Crippen molar-refractivity contribution in [3.8, 4) is 17.2 Å². The second-order valence-corrected chi connectivity index (χ2v) is 3.60. The van der Waals surface area contributed by atoms with E-state index in [2.05, 4.69) is 5.10 Å². The van der Waals surface area contributed by atoms with Gasteiger partial charge in [-0.15, -0.1) is 0 Å². The summed E-state index contributed by atoms with van der Waals surface area (Å²) in [5, 5.41) is 4.01. The molecule has 6 nitrogen and oxygen atoms in total. The molecule has 1 aromatic heterocycles. The molecule has 0 radical (unpaired) electrons. The van der Waals surface area contributed by atoms with Gasteiger partial charge >= 0.3 is 0 Å². The van der Waals surface area contributed by atoms with E-state index in [-0.39, 0.29) is 6.79 Å². The molecule has 17 heavy (non-hydrogen) atoms. The number of hydrogen-bond acceptors (Lipinski definition) is 5. The summed E-state index contributed by atoms with van der Waals surface area (Å²) in [7, 11) is 0. The van der Waals surface area contributed by atoms with Crippen LogP contribution in [0, 0.1) is 0 Å². The minimum Gasteiger partial charge on any atom is -0.471 e. The summed E-state index contributed by atoms with van der Waals surface area (Å²) in [6.07, 6.45) is 3.27. The van der Waals surface area contributed by atoms with Crippen molar-refractivity contribution in [2.24, 2.45) is 0 Å². The molecule has 2 N–H and O–H groups in total. The van der Waals surface area contributed by atoms with Crippen molar-refractivity contribution in [3.05, 3.63) is 30.6 Å². The molecule has 0 atom stereocenters. The number of nitrogens with zero attached hydrogens (tertiary/aromatic N) is 2. The summed E-state index contributed by atoms with van der Waals surface area (Å²) in [4.78, 5) is 0. The summed E-state index contributed by atoms with van der Waals surface area (Å²) in [6.45, 7) is 0.561. The Morgan fingerprint density at radius 1 is 1.35 bits per heavy atom. The predicted octanol–water partition coefficient (Wildman–Crippen LogP) is 1.23. The largest absolute Gasteiger partial charge is 0.471 e. The van der Waals surface area contributed by atoms with Crippen molar-refractivity contribution >= 4 is 5.69 Å². The van der Waals surface area contributed by atoms with E-state index in [0.29, 0.717) is 23.9 Å². The molecule has 0 fully saturated rings. The normalized spacial score (nSPS) is 12.7. The lowest BCUT2D eigenvalue weighted by Gasteiger charge is -2.06. The lowest BCUT2D eigenvalue weighted by atomic mass is 10.3. The molecule has 0 bridgehead atoms. The van der Waals surface area contributed by atoms with E-state index < -0.39 is 0 Å². The summed E-state index contributed by atoms with van der Waals surface area (Å²) in [6, 6.07) is 5.42. The molecular weight excluding hydrogens is 222 g/mol. The maximum atomic E-state index is 5.55. The Bertz CT molecular complexity index is 539. The van der Waals surface area contributed by atoms with E-state index in [1.807, 2.05) is 12.1 Å². The lowest BCUT2D eigenvalue weighted by Crippen LogP contribution is -2.05. The van der Waals surface area contributed by atoms with E-state index in [9.17, 15) is 0 Å². The van der Waals surface area contributed by atoms with Gasteiger partial charge in [-0.3, -0.25) is 0 Å². The number of hydrogen-bond donors (Lipinski definition) is 1. The number of fused-ring (bicyclic) bond motifs is 1. The summed E-state index contributed by atoms with van der Waals surface area (Å²) in [5.41, 5.74) is 6.16. The van der Waals surface area contributed by atoms with Crippen LogP contribution in [0.25, 0.3) is 0 Å². The Balaban J connectivity index is 1.69. The highest BCUT2D eigenvalue weighted by atomic mass is 16.7. The molecule has 0 aliphatic carbocycles. The van der Waals surface area contributed by atoms with Crippen LogP contribution in [0.5, 0.6) is 17.2 Å². The third kappa shape index (κ3) is 1.96. The van der Waals surface area contributed by atoms with Gasteiger partial charge in [0.05, 0.1) is 18.1 Å². The highest BCUT2D eigenvalue weighted by Gasteiger charge is 2.13. The SMILES string of the molecule is Nc1cnn(COc2ccc3c(c2)OCO3)c1. The fourth-order valence-corrected chi connectivity index (χ4v) is 1.56. The fraction of sp³-hybridized carbons (Fsp3) is 0.182. The van der Waals surface area contributed by atoms with E-state index in [0.717, 1.165) is 5.75 Å². The molecule has 1 aliphatic rings. The van der Waals surface area contributed by atoms with E-state index in [4.69, 9.17) is 19.9 Å². The molecular formula is C11H11N3O3. The van der Waals surface area contributed by atoms with Crippen LogP contribution in [0.1, 0.15) is 0 Å². The first-order chi connectivity index (χ1) is 8.31. The highest BCUT2D eigenvalue weighted by Crippen LogP contribution is 2.35. The van der Waals surface area contributed by atoms with Crippen LogP contribution < -0.4 is 19.9 Å². The molecule has 0 saturated carbocycles. The van der Waals surface area contributed by atoms with Crippen molar-refractivity contribution in [2.45, 2.75) is 6.73 Å². The minimum atomic E-state index is 0.258. The zero-order valence-electron chi connectivity index (χ0n) is 9.00. The van der Waals surface area contributed by atoms with Crippen LogP contribution in [-0.2, 0) is 6.73 Å². The molecule has 0 unspecified atom stereocenters. The second-order valence-electron chi connectivity index (χ2n) is 3.60. The first kappa shape index (κ1) is 9.83. The Kier molecular flexibility index (Phi) is 2.25. The van der Waals surface area contributed by atoms with Gasteiger partial charge in [0.2, 0.25) is 6.79 Å². The van der Waals surface area contributed by atoms with Gasteiger partial charge in [0.15, 0.2) is 18.2 Å². The quantitative estimate of drug-likeness (QED) is 0.863. The van der Waals surface area contributed by atoms with Crippen molar-refractivity contribution in [1.82, 2.24) is 9.78 Å². The third-order valence-corrected chi connectivity index (χ3v) is 2.36. The molecule has 2 heterocycles. The highest BCUT2D eigenvalue weighted by molar-refractivity contribution is 5.46. The number of aromatic nitrogens is 2. The summed E-state index contributed by atoms with van der Waals surface area (Å²) in [5.74, 6) is 2.13. The summed E-state index contributed by atoms with van der Waals surface area (Å²) < 4.78 is 17.6. The van der Waals surface area contributed by atoms with Crippen LogP contribution in [0.15, 0.2) is 30.6 Å². The Hall–Kier alpha value is -2.37. The smallest absolute Gasteiger partial charge is 0.231 e. The molecule has 0 amide bonds. The Morgan fingerprint density at radius 2 is 2.24 bits per heavy atom.